The summed E-state index contributed by atoms with van der Waals surface area (Å²) in [6, 6.07) is 4.30. The van der Waals surface area contributed by atoms with Gasteiger partial charge in [0.1, 0.15) is 0 Å². The Labute approximate surface area is 167 Å². The number of nitrogens with zero attached hydrogens (tertiary/aromatic N) is 3. The first-order valence-electron chi connectivity index (χ1n) is 9.30. The van der Waals surface area contributed by atoms with Crippen LogP contribution in [0, 0.1) is 19.8 Å². The fourth-order valence-electron chi connectivity index (χ4n) is 4.17. The number of rotatable bonds is 2. The molecule has 0 unspecified atom stereocenters. The van der Waals surface area contributed by atoms with Gasteiger partial charge in [0.05, 0.1) is 5.69 Å². The van der Waals surface area contributed by atoms with Crippen LogP contribution in [-0.4, -0.2) is 30.5 Å². The molecule has 0 saturated carbocycles. The maximum Gasteiger partial charge on any atom is 0.230 e. The molecule has 0 spiro atoms. The van der Waals surface area contributed by atoms with E-state index in [4.69, 9.17) is 0 Å². The summed E-state index contributed by atoms with van der Waals surface area (Å²) in [4.78, 5) is 22.3. The van der Waals surface area contributed by atoms with Gasteiger partial charge in [0.15, 0.2) is 5.13 Å². The average Bonchev–Trinajstić information content (AvgIpc) is 3.07. The molecular weight excluding hydrogens is 410 g/mol. The minimum Gasteiger partial charge on any atom is -0.348 e. The molecule has 1 amide bonds. The molecule has 2 aromatic rings. The van der Waals surface area contributed by atoms with E-state index in [2.05, 4.69) is 55.2 Å². The lowest BCUT2D eigenvalue weighted by Gasteiger charge is -2.37. The molecule has 0 N–H and O–H groups in total. The zero-order valence-corrected chi connectivity index (χ0v) is 17.7. The highest BCUT2D eigenvalue weighted by Crippen LogP contribution is 2.36. The van der Waals surface area contributed by atoms with Crippen molar-refractivity contribution in [3.05, 3.63) is 38.8 Å². The summed E-state index contributed by atoms with van der Waals surface area (Å²) in [6.07, 6.45) is 3.94. The molecule has 1 fully saturated rings. The predicted molar refractivity (Wildman–Crippen MR) is 111 cm³/mol. The molecule has 0 radical (unpaired) electrons. The van der Waals surface area contributed by atoms with Gasteiger partial charge in [-0.05, 0) is 62.8 Å². The van der Waals surface area contributed by atoms with Gasteiger partial charge in [0.2, 0.25) is 5.91 Å². The number of carbonyl (C=O) groups is 1. The van der Waals surface area contributed by atoms with Gasteiger partial charge in [0, 0.05) is 41.1 Å². The number of halogens is 1. The molecule has 26 heavy (non-hydrogen) atoms. The molecule has 0 bridgehead atoms. The third-order valence-corrected chi connectivity index (χ3v) is 6.91. The summed E-state index contributed by atoms with van der Waals surface area (Å²) >= 11 is 5.29. The number of amides is 1. The van der Waals surface area contributed by atoms with Crippen molar-refractivity contribution in [1.82, 2.24) is 4.98 Å². The van der Waals surface area contributed by atoms with Crippen molar-refractivity contribution >= 4 is 44.0 Å². The van der Waals surface area contributed by atoms with Crippen molar-refractivity contribution in [2.45, 2.75) is 39.5 Å². The summed E-state index contributed by atoms with van der Waals surface area (Å²) < 4.78 is 1.11. The minimum atomic E-state index is 0.126. The fraction of sp³-hybridized carbons (Fsp3) is 0.500. The number of hydrogen-bond acceptors (Lipinski definition) is 4. The zero-order valence-electron chi connectivity index (χ0n) is 15.3. The van der Waals surface area contributed by atoms with Crippen molar-refractivity contribution in [2.24, 2.45) is 5.92 Å². The second-order valence-corrected chi connectivity index (χ2v) is 9.11. The Morgan fingerprint density at radius 2 is 2.00 bits per heavy atom. The van der Waals surface area contributed by atoms with Gasteiger partial charge in [-0.3, -0.25) is 4.79 Å². The van der Waals surface area contributed by atoms with Crippen LogP contribution in [0.3, 0.4) is 0 Å². The molecule has 3 heterocycles. The van der Waals surface area contributed by atoms with E-state index in [-0.39, 0.29) is 5.92 Å². The maximum atomic E-state index is 13.3. The van der Waals surface area contributed by atoms with Gasteiger partial charge < -0.3 is 9.80 Å². The van der Waals surface area contributed by atoms with Crippen LogP contribution in [0.1, 0.15) is 36.1 Å². The zero-order chi connectivity index (χ0) is 18.3. The Morgan fingerprint density at radius 1 is 1.23 bits per heavy atom. The third-order valence-electron chi connectivity index (χ3n) is 5.43. The lowest BCUT2D eigenvalue weighted by molar-refractivity contribution is -0.123. The highest BCUT2D eigenvalue weighted by atomic mass is 79.9. The highest BCUT2D eigenvalue weighted by molar-refractivity contribution is 9.10. The van der Waals surface area contributed by atoms with Gasteiger partial charge in [-0.25, -0.2) is 4.98 Å². The number of piperidine rings is 1. The van der Waals surface area contributed by atoms with Gasteiger partial charge in [-0.1, -0.05) is 15.9 Å². The van der Waals surface area contributed by atoms with Crippen LogP contribution in [0.5, 0.6) is 0 Å². The number of aryl methyl sites for hydroxylation is 3. The van der Waals surface area contributed by atoms with Crippen molar-refractivity contribution in [3.63, 3.8) is 0 Å². The molecule has 1 aromatic heterocycles. The topological polar surface area (TPSA) is 36.4 Å². The largest absolute Gasteiger partial charge is 0.348 e. The standard InChI is InChI=1S/C20H24BrN3OS/c1-13-10-17(21)11-16-4-3-7-24(18(13)16)19(25)15-5-8-23(9-6-15)20-22-14(2)12-26-20/h10-12,15H,3-9H2,1-2H3. The van der Waals surface area contributed by atoms with Gasteiger partial charge in [-0.15, -0.1) is 11.3 Å². The fourth-order valence-corrected chi connectivity index (χ4v) is 5.64. The number of hydrogen-bond donors (Lipinski definition) is 0. The SMILES string of the molecule is Cc1csc(N2CCC(C(=O)N3CCCc4cc(Br)cc(C)c43)CC2)n1. The lowest BCUT2D eigenvalue weighted by atomic mass is 9.92. The number of carbonyl (C=O) groups excluding carboxylic acids is 1. The molecule has 1 saturated heterocycles. The van der Waals surface area contributed by atoms with Crippen LogP contribution in [0.4, 0.5) is 10.8 Å². The number of anilines is 2. The molecular formula is C20H24BrN3OS. The Kier molecular flexibility index (Phi) is 5.06. The normalized spacial score (nSPS) is 18.1. The summed E-state index contributed by atoms with van der Waals surface area (Å²) in [6.45, 7) is 6.83. The van der Waals surface area contributed by atoms with E-state index in [0.717, 1.165) is 66.3 Å². The van der Waals surface area contributed by atoms with E-state index in [0.29, 0.717) is 5.91 Å². The lowest BCUT2D eigenvalue weighted by Crippen LogP contribution is -2.44. The Morgan fingerprint density at radius 3 is 2.69 bits per heavy atom. The van der Waals surface area contributed by atoms with E-state index in [9.17, 15) is 4.79 Å². The van der Waals surface area contributed by atoms with Gasteiger partial charge in [0.25, 0.3) is 0 Å². The maximum absolute atomic E-state index is 13.3. The number of aromatic nitrogens is 1. The first-order chi connectivity index (χ1) is 12.5. The van der Waals surface area contributed by atoms with E-state index in [1.54, 1.807) is 11.3 Å². The van der Waals surface area contributed by atoms with Gasteiger partial charge >= 0.3 is 0 Å². The van der Waals surface area contributed by atoms with Gasteiger partial charge in [-0.2, -0.15) is 0 Å². The van der Waals surface area contributed by atoms with Crippen molar-refractivity contribution in [1.29, 1.82) is 0 Å². The number of fused-ring (bicyclic) bond motifs is 1. The second kappa shape index (κ2) is 7.31. The van der Waals surface area contributed by atoms with Crippen molar-refractivity contribution < 1.29 is 4.79 Å². The Balaban J connectivity index is 1.48. The summed E-state index contributed by atoms with van der Waals surface area (Å²) in [5.74, 6) is 0.438. The first-order valence-corrected chi connectivity index (χ1v) is 11.0. The predicted octanol–water partition coefficient (Wildman–Crippen LogP) is 4.72. The van der Waals surface area contributed by atoms with E-state index in [1.165, 1.54) is 11.1 Å². The molecule has 4 rings (SSSR count). The molecule has 138 valence electrons. The van der Waals surface area contributed by atoms with Crippen LogP contribution in [-0.2, 0) is 11.2 Å². The van der Waals surface area contributed by atoms with E-state index >= 15 is 0 Å². The van der Waals surface area contributed by atoms with E-state index in [1.807, 2.05) is 6.92 Å². The molecule has 2 aliphatic heterocycles. The second-order valence-electron chi connectivity index (χ2n) is 7.36. The third kappa shape index (κ3) is 3.41. The van der Waals surface area contributed by atoms with Crippen LogP contribution < -0.4 is 9.80 Å². The quantitative estimate of drug-likeness (QED) is 0.687. The molecule has 0 atom stereocenters. The van der Waals surface area contributed by atoms with Crippen molar-refractivity contribution in [2.75, 3.05) is 29.4 Å². The van der Waals surface area contributed by atoms with E-state index < -0.39 is 0 Å². The minimum absolute atomic E-state index is 0.126. The molecule has 0 aliphatic carbocycles. The summed E-state index contributed by atoms with van der Waals surface area (Å²) in [5, 5.41) is 3.19. The molecule has 1 aromatic carbocycles. The molecule has 6 heteroatoms. The van der Waals surface area contributed by atoms with Crippen LogP contribution >= 0.6 is 27.3 Å². The number of benzene rings is 1. The van der Waals surface area contributed by atoms with Crippen LogP contribution in [0.25, 0.3) is 0 Å². The smallest absolute Gasteiger partial charge is 0.230 e. The van der Waals surface area contributed by atoms with Crippen LogP contribution in [0.15, 0.2) is 22.0 Å². The highest BCUT2D eigenvalue weighted by Gasteiger charge is 2.32. The molecule has 2 aliphatic rings. The summed E-state index contributed by atoms with van der Waals surface area (Å²) in [7, 11) is 0. The average molecular weight is 434 g/mol. The summed E-state index contributed by atoms with van der Waals surface area (Å²) in [5.41, 5.74) is 4.72. The van der Waals surface area contributed by atoms with Crippen molar-refractivity contribution in [3.8, 4) is 0 Å². The Hall–Kier alpha value is -1.40. The Bertz CT molecular complexity index is 826. The first kappa shape index (κ1) is 18.0. The monoisotopic (exact) mass is 433 g/mol. The number of thiazole rings is 1. The molecule has 4 nitrogen and oxygen atoms in total. The van der Waals surface area contributed by atoms with Crippen LogP contribution in [0.2, 0.25) is 0 Å².